The highest BCUT2D eigenvalue weighted by atomic mass is 16.5. The van der Waals surface area contributed by atoms with Gasteiger partial charge in [-0.1, -0.05) is 31.2 Å². The summed E-state index contributed by atoms with van der Waals surface area (Å²) in [7, 11) is 0. The van der Waals surface area contributed by atoms with Crippen molar-refractivity contribution in [3.05, 3.63) is 35.4 Å². The first-order valence-electron chi connectivity index (χ1n) is 8.12. The lowest BCUT2D eigenvalue weighted by Gasteiger charge is -2.30. The zero-order valence-corrected chi connectivity index (χ0v) is 13.2. The molecule has 112 valence electrons. The molecule has 1 aromatic carbocycles. The fourth-order valence-corrected chi connectivity index (χ4v) is 3.04. The van der Waals surface area contributed by atoms with E-state index >= 15 is 0 Å². The molecule has 20 heavy (non-hydrogen) atoms. The Hall–Kier alpha value is -0.860. The Kier molecular flexibility index (Phi) is 6.06. The Morgan fingerprint density at radius 2 is 1.90 bits per heavy atom. The normalized spacial score (nSPS) is 22.0. The average Bonchev–Trinajstić information content (AvgIpc) is 2.45. The molecule has 0 radical (unpaired) electrons. The highest BCUT2D eigenvalue weighted by molar-refractivity contribution is 5.34. The molecule has 2 heteroatoms. The first-order valence-corrected chi connectivity index (χ1v) is 8.12. The monoisotopic (exact) mass is 275 g/mol. The first kappa shape index (κ1) is 15.5. The summed E-state index contributed by atoms with van der Waals surface area (Å²) >= 11 is 0. The molecule has 2 atom stereocenters. The van der Waals surface area contributed by atoms with Gasteiger partial charge in [0.1, 0.15) is 0 Å². The Balaban J connectivity index is 1.76. The van der Waals surface area contributed by atoms with Crippen LogP contribution in [0.1, 0.15) is 69.5 Å². The van der Waals surface area contributed by atoms with Crippen molar-refractivity contribution >= 4 is 0 Å². The minimum absolute atomic E-state index is 0.356. The maximum Gasteiger partial charge on any atom is 0.0518 e. The maximum absolute atomic E-state index is 5.58. The predicted molar refractivity (Wildman–Crippen MR) is 85.2 cm³/mol. The molecule has 1 aliphatic carbocycles. The van der Waals surface area contributed by atoms with Crippen LogP contribution in [0.5, 0.6) is 0 Å². The summed E-state index contributed by atoms with van der Waals surface area (Å²) in [6.07, 6.45) is 5.26. The van der Waals surface area contributed by atoms with Gasteiger partial charge in [0, 0.05) is 12.6 Å². The predicted octanol–water partition coefficient (Wildman–Crippen LogP) is 4.42. The SMILES string of the molecule is CC(C)OCCCCNC1CCC(C)c2ccccc21. The molecule has 2 rings (SSSR count). The van der Waals surface area contributed by atoms with Crippen molar-refractivity contribution < 1.29 is 4.74 Å². The second kappa shape index (κ2) is 7.80. The van der Waals surface area contributed by atoms with E-state index < -0.39 is 0 Å². The molecule has 0 spiro atoms. The molecule has 1 aliphatic rings. The Labute approximate surface area is 123 Å². The largest absolute Gasteiger partial charge is 0.379 e. The quantitative estimate of drug-likeness (QED) is 0.744. The summed E-state index contributed by atoms with van der Waals surface area (Å²) in [6.45, 7) is 8.52. The van der Waals surface area contributed by atoms with E-state index in [1.165, 1.54) is 24.8 Å². The minimum Gasteiger partial charge on any atom is -0.379 e. The highest BCUT2D eigenvalue weighted by Gasteiger charge is 2.23. The number of rotatable bonds is 7. The van der Waals surface area contributed by atoms with Crippen molar-refractivity contribution in [2.45, 2.75) is 64.5 Å². The summed E-state index contributed by atoms with van der Waals surface area (Å²) in [4.78, 5) is 0. The van der Waals surface area contributed by atoms with Crippen molar-refractivity contribution in [1.29, 1.82) is 0 Å². The van der Waals surface area contributed by atoms with Gasteiger partial charge < -0.3 is 10.1 Å². The Morgan fingerprint density at radius 3 is 2.65 bits per heavy atom. The van der Waals surface area contributed by atoms with Crippen LogP contribution in [0.2, 0.25) is 0 Å². The number of hydrogen-bond donors (Lipinski definition) is 1. The van der Waals surface area contributed by atoms with Gasteiger partial charge >= 0.3 is 0 Å². The van der Waals surface area contributed by atoms with Crippen LogP contribution in [0.15, 0.2) is 24.3 Å². The molecule has 2 unspecified atom stereocenters. The number of nitrogens with one attached hydrogen (secondary N) is 1. The lowest BCUT2D eigenvalue weighted by molar-refractivity contribution is 0.0759. The highest BCUT2D eigenvalue weighted by Crippen LogP contribution is 2.36. The summed E-state index contributed by atoms with van der Waals surface area (Å²) < 4.78 is 5.58. The number of fused-ring (bicyclic) bond motifs is 1. The van der Waals surface area contributed by atoms with E-state index in [9.17, 15) is 0 Å². The maximum atomic E-state index is 5.58. The molecule has 1 aromatic rings. The van der Waals surface area contributed by atoms with Crippen LogP contribution < -0.4 is 5.32 Å². The van der Waals surface area contributed by atoms with Gasteiger partial charge in [-0.25, -0.2) is 0 Å². The third kappa shape index (κ3) is 4.32. The van der Waals surface area contributed by atoms with Gasteiger partial charge in [0.05, 0.1) is 6.10 Å². The van der Waals surface area contributed by atoms with Gasteiger partial charge in [-0.05, 0) is 63.1 Å². The van der Waals surface area contributed by atoms with Gasteiger partial charge in [0.25, 0.3) is 0 Å². The van der Waals surface area contributed by atoms with Crippen LogP contribution in [-0.4, -0.2) is 19.3 Å². The molecule has 0 amide bonds. The topological polar surface area (TPSA) is 21.3 Å². The molecule has 0 saturated carbocycles. The zero-order valence-electron chi connectivity index (χ0n) is 13.2. The number of hydrogen-bond acceptors (Lipinski definition) is 2. The van der Waals surface area contributed by atoms with E-state index in [2.05, 4.69) is 50.4 Å². The Morgan fingerprint density at radius 1 is 1.15 bits per heavy atom. The molecule has 0 aromatic heterocycles. The lowest BCUT2D eigenvalue weighted by atomic mass is 9.81. The average molecular weight is 275 g/mol. The second-order valence-corrected chi connectivity index (χ2v) is 6.24. The molecule has 2 nitrogen and oxygen atoms in total. The third-order valence-corrected chi connectivity index (χ3v) is 4.20. The van der Waals surface area contributed by atoms with Crippen molar-refractivity contribution in [2.24, 2.45) is 0 Å². The van der Waals surface area contributed by atoms with Crippen molar-refractivity contribution in [3.63, 3.8) is 0 Å². The number of benzene rings is 1. The summed E-state index contributed by atoms with van der Waals surface area (Å²) in [5, 5.41) is 3.73. The number of unbranched alkanes of at least 4 members (excludes halogenated alkanes) is 1. The number of ether oxygens (including phenoxy) is 1. The molecule has 0 saturated heterocycles. The lowest BCUT2D eigenvalue weighted by Crippen LogP contribution is -2.27. The zero-order chi connectivity index (χ0) is 14.4. The summed E-state index contributed by atoms with van der Waals surface area (Å²) in [5.74, 6) is 0.712. The van der Waals surface area contributed by atoms with E-state index in [0.717, 1.165) is 19.6 Å². The molecule has 0 aliphatic heterocycles. The van der Waals surface area contributed by atoms with E-state index in [4.69, 9.17) is 4.74 Å². The van der Waals surface area contributed by atoms with Gasteiger partial charge in [-0.3, -0.25) is 0 Å². The van der Waals surface area contributed by atoms with E-state index in [1.54, 1.807) is 5.56 Å². The minimum atomic E-state index is 0.356. The van der Waals surface area contributed by atoms with Crippen molar-refractivity contribution in [1.82, 2.24) is 5.32 Å². The molecular weight excluding hydrogens is 246 g/mol. The van der Waals surface area contributed by atoms with Gasteiger partial charge in [-0.2, -0.15) is 0 Å². The van der Waals surface area contributed by atoms with Crippen LogP contribution in [0, 0.1) is 0 Å². The Bertz CT molecular complexity index is 402. The van der Waals surface area contributed by atoms with E-state index in [0.29, 0.717) is 18.1 Å². The first-order chi connectivity index (χ1) is 9.68. The van der Waals surface area contributed by atoms with Crippen LogP contribution >= 0.6 is 0 Å². The summed E-state index contributed by atoms with van der Waals surface area (Å²) in [5.41, 5.74) is 3.06. The molecule has 0 bridgehead atoms. The third-order valence-electron chi connectivity index (χ3n) is 4.20. The standard InChI is InChI=1S/C18H29NO/c1-14(2)20-13-7-6-12-19-18-11-10-15(3)16-8-4-5-9-17(16)18/h4-5,8-9,14-15,18-19H,6-7,10-13H2,1-3H3. The van der Waals surface area contributed by atoms with Crippen molar-refractivity contribution in [3.8, 4) is 0 Å². The fourth-order valence-electron chi connectivity index (χ4n) is 3.04. The van der Waals surface area contributed by atoms with Gasteiger partial charge in [-0.15, -0.1) is 0 Å². The second-order valence-electron chi connectivity index (χ2n) is 6.24. The van der Waals surface area contributed by atoms with E-state index in [1.807, 2.05) is 0 Å². The molecular formula is C18H29NO. The molecule has 0 fully saturated rings. The molecule has 1 N–H and O–H groups in total. The van der Waals surface area contributed by atoms with Crippen LogP contribution in [-0.2, 0) is 4.74 Å². The van der Waals surface area contributed by atoms with Crippen LogP contribution in [0.4, 0.5) is 0 Å². The molecule has 0 heterocycles. The van der Waals surface area contributed by atoms with Gasteiger partial charge in [0.15, 0.2) is 0 Å². The fraction of sp³-hybridized carbons (Fsp3) is 0.667. The van der Waals surface area contributed by atoms with E-state index in [-0.39, 0.29) is 0 Å². The van der Waals surface area contributed by atoms with Crippen LogP contribution in [0.3, 0.4) is 0 Å². The summed E-state index contributed by atoms with van der Waals surface area (Å²) in [6, 6.07) is 9.48. The van der Waals surface area contributed by atoms with Gasteiger partial charge in [0.2, 0.25) is 0 Å². The smallest absolute Gasteiger partial charge is 0.0518 e. The van der Waals surface area contributed by atoms with Crippen molar-refractivity contribution in [2.75, 3.05) is 13.2 Å². The van der Waals surface area contributed by atoms with Crippen LogP contribution in [0.25, 0.3) is 0 Å².